The van der Waals surface area contributed by atoms with Gasteiger partial charge in [-0.2, -0.15) is 0 Å². The summed E-state index contributed by atoms with van der Waals surface area (Å²) in [5.74, 6) is 0. The van der Waals surface area contributed by atoms with Crippen LogP contribution in [0, 0.1) is 0 Å². The van der Waals surface area contributed by atoms with Crippen LogP contribution >= 0.6 is 0 Å². The van der Waals surface area contributed by atoms with Gasteiger partial charge in [0.15, 0.2) is 0 Å². The number of nitrogens with zero attached hydrogens (tertiary/aromatic N) is 2. The standard InChI is InChI=1S/C72H46BN3/c1-5-17-46(18-6-1)49-29-31-52(32-30-49)69-59(51-23-11-4-12-24-51)45-68-70-71(69)74-64-40-36-53(48-21-9-3-10-22-48)43-63(64)73(70)62-39-35-54(44-67(62)75(68)56-37-33-50(34-38-56)47-19-7-2-8-20-47)55-41-60-57-25-13-15-27-65(57)76-66-28-16-14-26-58(66)61(42-55)72(60)76/h1-45,74H. The second-order valence-electron chi connectivity index (χ2n) is 20.5. The molecule has 0 amide bonds. The molecule has 0 fully saturated rings. The number of anilines is 5. The molecule has 0 aliphatic carbocycles. The third kappa shape index (κ3) is 6.50. The zero-order chi connectivity index (χ0) is 49.8. The van der Waals surface area contributed by atoms with Crippen molar-refractivity contribution in [2.24, 2.45) is 0 Å². The molecule has 3 nitrogen and oxygen atoms in total. The molecule has 0 unspecified atom stereocenters. The van der Waals surface area contributed by atoms with Gasteiger partial charge in [0.1, 0.15) is 0 Å². The summed E-state index contributed by atoms with van der Waals surface area (Å²) in [5.41, 5.74) is 27.5. The van der Waals surface area contributed by atoms with Crippen molar-refractivity contribution in [1.29, 1.82) is 0 Å². The van der Waals surface area contributed by atoms with Crippen molar-refractivity contribution in [2.75, 3.05) is 10.2 Å². The van der Waals surface area contributed by atoms with Gasteiger partial charge in [-0.3, -0.25) is 0 Å². The Bertz CT molecular complexity index is 4480. The van der Waals surface area contributed by atoms with Gasteiger partial charge in [-0.05, 0) is 132 Å². The molecule has 0 saturated heterocycles. The molecule has 14 aromatic rings. The van der Waals surface area contributed by atoms with Crippen molar-refractivity contribution in [3.8, 4) is 66.8 Å². The maximum atomic E-state index is 4.18. The van der Waals surface area contributed by atoms with E-state index in [4.69, 9.17) is 0 Å². The van der Waals surface area contributed by atoms with Crippen LogP contribution in [-0.4, -0.2) is 11.1 Å². The van der Waals surface area contributed by atoms with Crippen LogP contribution in [0.2, 0.25) is 0 Å². The number of benzene rings is 12. The van der Waals surface area contributed by atoms with Crippen molar-refractivity contribution in [3.63, 3.8) is 0 Å². The monoisotopic (exact) mass is 963 g/mol. The maximum absolute atomic E-state index is 4.18. The minimum Gasteiger partial charge on any atom is -0.356 e. The van der Waals surface area contributed by atoms with E-state index >= 15 is 0 Å². The average molecular weight is 964 g/mol. The highest BCUT2D eigenvalue weighted by Crippen LogP contribution is 2.49. The smallest absolute Gasteiger partial charge is 0.252 e. The molecule has 2 aliphatic rings. The third-order valence-electron chi connectivity index (χ3n) is 16.3. The molecule has 0 atom stereocenters. The third-order valence-corrected chi connectivity index (χ3v) is 16.3. The number of aromatic nitrogens is 1. The Kier molecular flexibility index (Phi) is 9.43. The highest BCUT2D eigenvalue weighted by Gasteiger charge is 2.43. The van der Waals surface area contributed by atoms with Gasteiger partial charge in [-0.15, -0.1) is 0 Å². The van der Waals surface area contributed by atoms with Crippen LogP contribution in [0.1, 0.15) is 0 Å². The summed E-state index contributed by atoms with van der Waals surface area (Å²) in [6.07, 6.45) is 0. The first kappa shape index (κ1) is 42.6. The molecule has 2 aliphatic heterocycles. The summed E-state index contributed by atoms with van der Waals surface area (Å²) in [5, 5.41) is 9.27. The van der Waals surface area contributed by atoms with E-state index in [9.17, 15) is 0 Å². The molecule has 4 heteroatoms. The Morgan fingerprint density at radius 3 is 1.39 bits per heavy atom. The molecule has 0 radical (unpaired) electrons. The second-order valence-corrected chi connectivity index (χ2v) is 20.5. The predicted octanol–water partition coefficient (Wildman–Crippen LogP) is 17.2. The van der Waals surface area contributed by atoms with Gasteiger partial charge in [-0.1, -0.05) is 218 Å². The van der Waals surface area contributed by atoms with Crippen molar-refractivity contribution < 1.29 is 0 Å². The Hall–Kier alpha value is -9.90. The summed E-state index contributed by atoms with van der Waals surface area (Å²) >= 11 is 0. The highest BCUT2D eigenvalue weighted by atomic mass is 15.2. The van der Waals surface area contributed by atoms with Crippen molar-refractivity contribution in [1.82, 2.24) is 4.40 Å². The van der Waals surface area contributed by atoms with Crippen LogP contribution < -0.4 is 26.6 Å². The number of hydrogen-bond acceptors (Lipinski definition) is 2. The van der Waals surface area contributed by atoms with Crippen LogP contribution in [0.3, 0.4) is 0 Å². The average Bonchev–Trinajstić information content (AvgIpc) is 4.14. The first-order valence-electron chi connectivity index (χ1n) is 26.4. The molecular weight excluding hydrogens is 918 g/mol. The Morgan fingerprint density at radius 2 is 0.789 bits per heavy atom. The molecule has 4 heterocycles. The summed E-state index contributed by atoms with van der Waals surface area (Å²) in [6.45, 7) is -0.0917. The molecule has 352 valence electrons. The molecule has 12 aromatic carbocycles. The van der Waals surface area contributed by atoms with Crippen LogP contribution in [-0.2, 0) is 0 Å². The first-order chi connectivity index (χ1) is 37.7. The first-order valence-corrected chi connectivity index (χ1v) is 26.4. The lowest BCUT2D eigenvalue weighted by atomic mass is 9.33. The molecule has 1 N–H and O–H groups in total. The molecule has 16 rings (SSSR count). The second kappa shape index (κ2) is 16.8. The van der Waals surface area contributed by atoms with Gasteiger partial charge >= 0.3 is 0 Å². The van der Waals surface area contributed by atoms with Crippen LogP contribution in [0.25, 0.3) is 105 Å². The maximum Gasteiger partial charge on any atom is 0.252 e. The van der Waals surface area contributed by atoms with Crippen LogP contribution in [0.4, 0.5) is 28.4 Å². The normalized spacial score (nSPS) is 12.5. The van der Waals surface area contributed by atoms with Crippen LogP contribution in [0.5, 0.6) is 0 Å². The lowest BCUT2D eigenvalue weighted by molar-refractivity contribution is 1.29. The lowest BCUT2D eigenvalue weighted by Gasteiger charge is -2.42. The van der Waals surface area contributed by atoms with Gasteiger partial charge in [0.2, 0.25) is 0 Å². The van der Waals surface area contributed by atoms with E-state index in [1.54, 1.807) is 0 Å². The van der Waals surface area contributed by atoms with Gasteiger partial charge in [0, 0.05) is 55.5 Å². The summed E-state index contributed by atoms with van der Waals surface area (Å²) in [6, 6.07) is 101. The summed E-state index contributed by atoms with van der Waals surface area (Å²) < 4.78 is 2.47. The molecular formula is C72H46BN3. The number of rotatable bonds is 7. The number of para-hydroxylation sites is 2. The summed E-state index contributed by atoms with van der Waals surface area (Å²) in [7, 11) is 0. The van der Waals surface area contributed by atoms with Crippen molar-refractivity contribution in [3.05, 3.63) is 273 Å². The van der Waals surface area contributed by atoms with E-state index < -0.39 is 0 Å². The SMILES string of the molecule is c1ccc(-c2ccc(-c3c(-c4ccccc4)cc4c5c3Nc3ccc(-c6ccccc6)cc3B5c3ccc(-c5cc6c7ccccc7n7c8ccccc8c(c5)c67)cc3N4c3ccc(-c4ccccc4)cc3)cc2)cc1. The highest BCUT2D eigenvalue weighted by molar-refractivity contribution is 7.00. The van der Waals surface area contributed by atoms with E-state index in [1.807, 2.05) is 0 Å². The molecule has 0 bridgehead atoms. The fraction of sp³-hybridized carbons (Fsp3) is 0. The molecule has 2 aromatic heterocycles. The Balaban J connectivity index is 0.983. The van der Waals surface area contributed by atoms with Gasteiger partial charge < -0.3 is 14.6 Å². The fourth-order valence-corrected chi connectivity index (χ4v) is 12.9. The Morgan fingerprint density at radius 1 is 0.316 bits per heavy atom. The summed E-state index contributed by atoms with van der Waals surface area (Å²) in [4.78, 5) is 2.56. The number of fused-ring (bicyclic) bond motifs is 10. The van der Waals surface area contributed by atoms with Crippen LogP contribution in [0.15, 0.2) is 273 Å². The zero-order valence-corrected chi connectivity index (χ0v) is 41.5. The quantitative estimate of drug-likeness (QED) is 0.161. The van der Waals surface area contributed by atoms with E-state index in [2.05, 4.69) is 288 Å². The van der Waals surface area contributed by atoms with E-state index in [-0.39, 0.29) is 6.71 Å². The molecule has 0 saturated carbocycles. The minimum absolute atomic E-state index is 0.0917. The lowest BCUT2D eigenvalue weighted by Crippen LogP contribution is -2.60. The number of hydrogen-bond donors (Lipinski definition) is 1. The topological polar surface area (TPSA) is 19.7 Å². The number of nitrogens with one attached hydrogen (secondary N) is 1. The molecule has 0 spiro atoms. The van der Waals surface area contributed by atoms with Gasteiger partial charge in [-0.25, -0.2) is 0 Å². The fourth-order valence-electron chi connectivity index (χ4n) is 12.9. The predicted molar refractivity (Wildman–Crippen MR) is 323 cm³/mol. The van der Waals surface area contributed by atoms with Gasteiger partial charge in [0.25, 0.3) is 6.71 Å². The van der Waals surface area contributed by atoms with E-state index in [1.165, 1.54) is 121 Å². The van der Waals surface area contributed by atoms with Gasteiger partial charge in [0.05, 0.1) is 16.6 Å². The minimum atomic E-state index is -0.0917. The van der Waals surface area contributed by atoms with Crippen molar-refractivity contribution >= 4 is 89.6 Å². The van der Waals surface area contributed by atoms with E-state index in [0.29, 0.717) is 0 Å². The van der Waals surface area contributed by atoms with Crippen molar-refractivity contribution in [2.45, 2.75) is 0 Å². The molecule has 76 heavy (non-hydrogen) atoms. The largest absolute Gasteiger partial charge is 0.356 e. The van der Waals surface area contributed by atoms with E-state index in [0.717, 1.165) is 28.3 Å². The Labute approximate surface area is 441 Å². The zero-order valence-electron chi connectivity index (χ0n) is 41.5.